The minimum absolute atomic E-state index is 0.168. The smallest absolute Gasteiger partial charge is 0.260 e. The number of nitrogens with zero attached hydrogens (tertiary/aromatic N) is 1. The largest absolute Gasteiger partial charge is 0.277 e. The van der Waals surface area contributed by atoms with Gasteiger partial charge in [-0.15, -0.1) is 0 Å². The van der Waals surface area contributed by atoms with Gasteiger partial charge in [0.2, 0.25) is 0 Å². The number of carbonyl (C=O) groups is 2. The average Bonchev–Trinajstić information content (AvgIpc) is 2.53. The van der Waals surface area contributed by atoms with Crippen molar-refractivity contribution >= 4 is 11.8 Å². The normalized spacial score (nSPS) is 22.1. The summed E-state index contributed by atoms with van der Waals surface area (Å²) < 4.78 is 0. The van der Waals surface area contributed by atoms with Crippen LogP contribution in [0, 0.1) is 0 Å². The number of fused-ring (bicyclic) bond motifs is 1. The Hall–Kier alpha value is -1.38. The molecule has 1 aliphatic heterocycles. The lowest BCUT2D eigenvalue weighted by molar-refractivity contribution is -0.134. The third-order valence-electron chi connectivity index (χ3n) is 2.00. The van der Waals surface area contributed by atoms with Crippen molar-refractivity contribution in [1.29, 1.82) is 0 Å². The summed E-state index contributed by atoms with van der Waals surface area (Å²) in [5.74, 6) is -0.336. The van der Waals surface area contributed by atoms with Crippen LogP contribution in [0.2, 0.25) is 0 Å². The van der Waals surface area contributed by atoms with Gasteiger partial charge in [-0.1, -0.05) is 12.2 Å². The quantitative estimate of drug-likeness (QED) is 0.463. The molecule has 0 spiro atoms. The van der Waals surface area contributed by atoms with E-state index in [-0.39, 0.29) is 11.8 Å². The number of allylic oxidation sites excluding steroid dienone is 2. The lowest BCUT2D eigenvalue weighted by atomic mass is 10.2. The predicted molar refractivity (Wildman–Crippen MR) is 38.6 cm³/mol. The molecule has 0 N–H and O–H groups in total. The van der Waals surface area contributed by atoms with Gasteiger partial charge in [0.15, 0.2) is 0 Å². The summed E-state index contributed by atoms with van der Waals surface area (Å²) in [4.78, 5) is 23.5. The molecule has 1 aliphatic carbocycles. The van der Waals surface area contributed by atoms with Crippen LogP contribution in [0.5, 0.6) is 0 Å². The van der Waals surface area contributed by atoms with Gasteiger partial charge in [0.1, 0.15) is 0 Å². The molecule has 0 saturated carbocycles. The van der Waals surface area contributed by atoms with E-state index in [0.29, 0.717) is 11.1 Å². The van der Waals surface area contributed by atoms with Crippen molar-refractivity contribution in [2.75, 3.05) is 7.05 Å². The number of likely N-dealkylation sites (N-methyl/N-ethyl adjacent to an activating group) is 1. The van der Waals surface area contributed by atoms with E-state index < -0.39 is 0 Å². The van der Waals surface area contributed by atoms with Gasteiger partial charge in [-0.25, -0.2) is 0 Å². The molecule has 1 heterocycles. The molecule has 2 amide bonds. The lowest BCUT2D eigenvalue weighted by Gasteiger charge is -2.02. The topological polar surface area (TPSA) is 37.4 Å². The summed E-state index contributed by atoms with van der Waals surface area (Å²) >= 11 is 0. The molecule has 0 unspecified atom stereocenters. The summed E-state index contributed by atoms with van der Waals surface area (Å²) in [5.41, 5.74) is 1.16. The van der Waals surface area contributed by atoms with Crippen molar-refractivity contribution in [2.24, 2.45) is 0 Å². The Morgan fingerprint density at radius 2 is 1.64 bits per heavy atom. The zero-order chi connectivity index (χ0) is 8.01. The van der Waals surface area contributed by atoms with Crippen molar-refractivity contribution in [3.8, 4) is 0 Å². The number of hydrogen-bond donors (Lipinski definition) is 0. The van der Waals surface area contributed by atoms with E-state index in [2.05, 4.69) is 0 Å². The fourth-order valence-corrected chi connectivity index (χ4v) is 1.37. The van der Waals surface area contributed by atoms with Gasteiger partial charge in [0.05, 0.1) is 0 Å². The third kappa shape index (κ3) is 0.623. The molecular formula is C8H7NO2. The molecule has 2 rings (SSSR count). The molecule has 1 saturated heterocycles. The van der Waals surface area contributed by atoms with Gasteiger partial charge in [-0.3, -0.25) is 14.5 Å². The molecule has 2 aliphatic rings. The Balaban J connectivity index is 2.55. The van der Waals surface area contributed by atoms with Crippen LogP contribution in [0.25, 0.3) is 0 Å². The van der Waals surface area contributed by atoms with Crippen LogP contribution >= 0.6 is 0 Å². The first-order valence-corrected chi connectivity index (χ1v) is 3.45. The van der Waals surface area contributed by atoms with Gasteiger partial charge in [-0.2, -0.15) is 0 Å². The van der Waals surface area contributed by atoms with Gasteiger partial charge >= 0.3 is 0 Å². The molecule has 0 bridgehead atoms. The molecule has 3 heteroatoms. The molecule has 3 nitrogen and oxygen atoms in total. The number of likely N-dealkylation sites (tertiary alicyclic amines) is 1. The number of rotatable bonds is 0. The molecule has 56 valence electrons. The minimum Gasteiger partial charge on any atom is -0.277 e. The second-order valence-corrected chi connectivity index (χ2v) is 2.64. The maximum absolute atomic E-state index is 11.2. The fraction of sp³-hybridized carbons (Fsp3) is 0.250. The first-order chi connectivity index (χ1) is 5.22. The van der Waals surface area contributed by atoms with E-state index in [4.69, 9.17) is 0 Å². The highest BCUT2D eigenvalue weighted by atomic mass is 16.2. The van der Waals surface area contributed by atoms with Crippen LogP contribution in [-0.4, -0.2) is 23.8 Å². The monoisotopic (exact) mass is 149 g/mol. The van der Waals surface area contributed by atoms with Crippen LogP contribution < -0.4 is 0 Å². The Morgan fingerprint density at radius 3 is 2.09 bits per heavy atom. The maximum Gasteiger partial charge on any atom is 0.260 e. The van der Waals surface area contributed by atoms with Crippen LogP contribution in [-0.2, 0) is 9.59 Å². The molecule has 0 radical (unpaired) electrons. The number of carbonyl (C=O) groups excluding carboxylic acids is 2. The average molecular weight is 149 g/mol. The highest BCUT2D eigenvalue weighted by Crippen LogP contribution is 2.28. The van der Waals surface area contributed by atoms with Crippen LogP contribution in [0.15, 0.2) is 23.3 Å². The molecule has 0 aromatic heterocycles. The number of amides is 2. The molecule has 0 aromatic carbocycles. The van der Waals surface area contributed by atoms with E-state index in [1.165, 1.54) is 7.05 Å². The van der Waals surface area contributed by atoms with E-state index in [0.717, 1.165) is 11.3 Å². The molecule has 0 aromatic rings. The summed E-state index contributed by atoms with van der Waals surface area (Å²) in [5, 5.41) is 0. The standard InChI is InChI=1S/C8H7NO2/c1-9-7(10)5-3-2-4-6(5)8(9)11/h3-4H,2H2,1H3. The minimum atomic E-state index is -0.168. The highest BCUT2D eigenvalue weighted by Gasteiger charge is 2.37. The Kier molecular flexibility index (Phi) is 1.04. The first kappa shape index (κ1) is 6.34. The summed E-state index contributed by atoms with van der Waals surface area (Å²) in [6.07, 6.45) is 4.30. The van der Waals surface area contributed by atoms with Crippen LogP contribution in [0.1, 0.15) is 6.42 Å². The Bertz CT molecular complexity index is 282. The SMILES string of the molecule is CN1C(=O)C2=CCC=C2C1=O. The van der Waals surface area contributed by atoms with Crippen molar-refractivity contribution < 1.29 is 9.59 Å². The van der Waals surface area contributed by atoms with Crippen LogP contribution in [0.3, 0.4) is 0 Å². The first-order valence-electron chi connectivity index (χ1n) is 3.45. The van der Waals surface area contributed by atoms with Crippen molar-refractivity contribution in [2.45, 2.75) is 6.42 Å². The molecule has 11 heavy (non-hydrogen) atoms. The number of hydrogen-bond acceptors (Lipinski definition) is 2. The zero-order valence-corrected chi connectivity index (χ0v) is 6.13. The Morgan fingerprint density at radius 1 is 1.18 bits per heavy atom. The second kappa shape index (κ2) is 1.81. The van der Waals surface area contributed by atoms with E-state index >= 15 is 0 Å². The number of imide groups is 1. The predicted octanol–water partition coefficient (Wildman–Crippen LogP) is 0.242. The van der Waals surface area contributed by atoms with Crippen LogP contribution in [0.4, 0.5) is 0 Å². The van der Waals surface area contributed by atoms with Gasteiger partial charge in [-0.05, 0) is 6.42 Å². The molecule has 0 atom stereocenters. The van der Waals surface area contributed by atoms with E-state index in [1.807, 2.05) is 0 Å². The lowest BCUT2D eigenvalue weighted by Crippen LogP contribution is -2.24. The van der Waals surface area contributed by atoms with Gasteiger partial charge in [0.25, 0.3) is 11.8 Å². The van der Waals surface area contributed by atoms with Crippen molar-refractivity contribution in [3.05, 3.63) is 23.3 Å². The van der Waals surface area contributed by atoms with E-state index in [9.17, 15) is 9.59 Å². The Labute approximate surface area is 64.0 Å². The molecular weight excluding hydrogens is 142 g/mol. The molecule has 1 fully saturated rings. The van der Waals surface area contributed by atoms with Gasteiger partial charge < -0.3 is 0 Å². The maximum atomic E-state index is 11.2. The van der Waals surface area contributed by atoms with Crippen molar-refractivity contribution in [3.63, 3.8) is 0 Å². The van der Waals surface area contributed by atoms with Crippen molar-refractivity contribution in [1.82, 2.24) is 4.90 Å². The third-order valence-corrected chi connectivity index (χ3v) is 2.00. The summed E-state index contributed by atoms with van der Waals surface area (Å²) in [6, 6.07) is 0. The van der Waals surface area contributed by atoms with E-state index in [1.54, 1.807) is 12.2 Å². The summed E-state index contributed by atoms with van der Waals surface area (Å²) in [7, 11) is 1.50. The highest BCUT2D eigenvalue weighted by molar-refractivity contribution is 6.24. The second-order valence-electron chi connectivity index (χ2n) is 2.64. The van der Waals surface area contributed by atoms with Gasteiger partial charge in [0, 0.05) is 18.2 Å². The zero-order valence-electron chi connectivity index (χ0n) is 6.13. The summed E-state index contributed by atoms with van der Waals surface area (Å²) in [6.45, 7) is 0. The fourth-order valence-electron chi connectivity index (χ4n) is 1.37.